The van der Waals surface area contributed by atoms with Crippen molar-refractivity contribution in [3.05, 3.63) is 47.3 Å². The SMILES string of the molecule is COc1ccc(C(CN)n2ccc(C)n2)cc1C. The average Bonchev–Trinajstić information content (AvgIpc) is 2.77. The van der Waals surface area contributed by atoms with Crippen molar-refractivity contribution >= 4 is 0 Å². The third kappa shape index (κ3) is 2.38. The van der Waals surface area contributed by atoms with Gasteiger partial charge in [-0.25, -0.2) is 0 Å². The van der Waals surface area contributed by atoms with Crippen molar-refractivity contribution in [3.8, 4) is 5.75 Å². The lowest BCUT2D eigenvalue weighted by atomic mass is 10.0. The van der Waals surface area contributed by atoms with Crippen LogP contribution in [0.2, 0.25) is 0 Å². The molecule has 0 aliphatic rings. The second-order valence-electron chi connectivity index (χ2n) is 4.42. The molecule has 96 valence electrons. The van der Waals surface area contributed by atoms with E-state index in [4.69, 9.17) is 10.5 Å². The molecule has 0 saturated heterocycles. The van der Waals surface area contributed by atoms with Crippen LogP contribution in [-0.4, -0.2) is 23.4 Å². The smallest absolute Gasteiger partial charge is 0.121 e. The van der Waals surface area contributed by atoms with Crippen LogP contribution < -0.4 is 10.5 Å². The van der Waals surface area contributed by atoms with Crippen LogP contribution in [0.1, 0.15) is 22.9 Å². The van der Waals surface area contributed by atoms with Crippen molar-refractivity contribution in [1.82, 2.24) is 9.78 Å². The molecule has 0 amide bonds. The Hall–Kier alpha value is -1.81. The van der Waals surface area contributed by atoms with Crippen LogP contribution in [0.5, 0.6) is 5.75 Å². The van der Waals surface area contributed by atoms with Gasteiger partial charge in [0.2, 0.25) is 0 Å². The summed E-state index contributed by atoms with van der Waals surface area (Å²) in [4.78, 5) is 0. The van der Waals surface area contributed by atoms with Gasteiger partial charge in [0.05, 0.1) is 18.8 Å². The highest BCUT2D eigenvalue weighted by Gasteiger charge is 2.13. The molecule has 2 rings (SSSR count). The summed E-state index contributed by atoms with van der Waals surface area (Å²) in [6.07, 6.45) is 1.96. The minimum atomic E-state index is 0.0725. The largest absolute Gasteiger partial charge is 0.496 e. The summed E-state index contributed by atoms with van der Waals surface area (Å²) in [5.74, 6) is 0.895. The highest BCUT2D eigenvalue weighted by molar-refractivity contribution is 5.37. The van der Waals surface area contributed by atoms with E-state index in [2.05, 4.69) is 11.2 Å². The first-order valence-corrected chi connectivity index (χ1v) is 6.02. The molecule has 0 saturated carbocycles. The first-order valence-electron chi connectivity index (χ1n) is 6.02. The van der Waals surface area contributed by atoms with Gasteiger partial charge < -0.3 is 10.5 Å². The van der Waals surface area contributed by atoms with Gasteiger partial charge in [0, 0.05) is 12.7 Å². The number of hydrogen-bond donors (Lipinski definition) is 1. The second kappa shape index (κ2) is 5.23. The molecule has 18 heavy (non-hydrogen) atoms. The standard InChI is InChI=1S/C14H19N3O/c1-10-8-12(4-5-14(10)18-3)13(9-15)17-7-6-11(2)16-17/h4-8,13H,9,15H2,1-3H3. The highest BCUT2D eigenvalue weighted by atomic mass is 16.5. The average molecular weight is 245 g/mol. The Labute approximate surface area is 107 Å². The molecule has 0 aliphatic carbocycles. The molecule has 4 nitrogen and oxygen atoms in total. The van der Waals surface area contributed by atoms with Crippen LogP contribution >= 0.6 is 0 Å². The first kappa shape index (κ1) is 12.6. The molecule has 0 spiro atoms. The summed E-state index contributed by atoms with van der Waals surface area (Å²) in [6, 6.07) is 8.18. The van der Waals surface area contributed by atoms with Gasteiger partial charge >= 0.3 is 0 Å². The van der Waals surface area contributed by atoms with E-state index >= 15 is 0 Å². The molecule has 0 radical (unpaired) electrons. The number of nitrogens with zero attached hydrogens (tertiary/aromatic N) is 2. The molecule has 1 unspecified atom stereocenters. The Morgan fingerprint density at radius 2 is 2.11 bits per heavy atom. The molecule has 0 fully saturated rings. The highest BCUT2D eigenvalue weighted by Crippen LogP contribution is 2.24. The quantitative estimate of drug-likeness (QED) is 0.897. The number of methoxy groups -OCH3 is 1. The number of aromatic nitrogens is 2. The lowest BCUT2D eigenvalue weighted by Gasteiger charge is -2.17. The zero-order valence-corrected chi connectivity index (χ0v) is 11.1. The molecule has 1 heterocycles. The van der Waals surface area contributed by atoms with Crippen LogP contribution in [0.25, 0.3) is 0 Å². The summed E-state index contributed by atoms with van der Waals surface area (Å²) in [7, 11) is 1.68. The fraction of sp³-hybridized carbons (Fsp3) is 0.357. The molecule has 0 bridgehead atoms. The first-order chi connectivity index (χ1) is 8.65. The van der Waals surface area contributed by atoms with Crippen LogP contribution in [0.4, 0.5) is 0 Å². The summed E-state index contributed by atoms with van der Waals surface area (Å²) >= 11 is 0. The summed E-state index contributed by atoms with van der Waals surface area (Å²) in [5.41, 5.74) is 9.13. The lowest BCUT2D eigenvalue weighted by molar-refractivity contribution is 0.411. The minimum Gasteiger partial charge on any atom is -0.496 e. The Balaban J connectivity index is 2.36. The van der Waals surface area contributed by atoms with E-state index in [1.165, 1.54) is 0 Å². The second-order valence-corrected chi connectivity index (χ2v) is 4.42. The molecule has 1 atom stereocenters. The van der Waals surface area contributed by atoms with Crippen LogP contribution in [0, 0.1) is 13.8 Å². The molecule has 0 aliphatic heterocycles. The fourth-order valence-corrected chi connectivity index (χ4v) is 2.11. The van der Waals surface area contributed by atoms with Crippen molar-refractivity contribution in [1.29, 1.82) is 0 Å². The molecule has 2 N–H and O–H groups in total. The van der Waals surface area contributed by atoms with Gasteiger partial charge in [-0.1, -0.05) is 12.1 Å². The summed E-state index contributed by atoms with van der Waals surface area (Å²) in [5, 5.41) is 4.44. The monoisotopic (exact) mass is 245 g/mol. The molecule has 1 aromatic heterocycles. The summed E-state index contributed by atoms with van der Waals surface area (Å²) < 4.78 is 7.18. The van der Waals surface area contributed by atoms with E-state index in [1.807, 2.05) is 42.9 Å². The normalized spacial score (nSPS) is 12.4. The van der Waals surface area contributed by atoms with Gasteiger partial charge in [-0.2, -0.15) is 5.10 Å². The van der Waals surface area contributed by atoms with Crippen LogP contribution in [0.15, 0.2) is 30.5 Å². The predicted molar refractivity (Wildman–Crippen MR) is 71.9 cm³/mol. The minimum absolute atomic E-state index is 0.0725. The Morgan fingerprint density at radius 1 is 1.33 bits per heavy atom. The van der Waals surface area contributed by atoms with Crippen molar-refractivity contribution in [2.45, 2.75) is 19.9 Å². The van der Waals surface area contributed by atoms with Gasteiger partial charge in [0.15, 0.2) is 0 Å². The van der Waals surface area contributed by atoms with E-state index in [9.17, 15) is 0 Å². The Morgan fingerprint density at radius 3 is 2.61 bits per heavy atom. The van der Waals surface area contributed by atoms with E-state index in [-0.39, 0.29) is 6.04 Å². The number of benzene rings is 1. The van der Waals surface area contributed by atoms with Crippen LogP contribution in [-0.2, 0) is 0 Å². The number of aryl methyl sites for hydroxylation is 2. The number of hydrogen-bond acceptors (Lipinski definition) is 3. The van der Waals surface area contributed by atoms with Gasteiger partial charge in [0.1, 0.15) is 5.75 Å². The zero-order valence-electron chi connectivity index (χ0n) is 11.1. The van der Waals surface area contributed by atoms with Gasteiger partial charge in [-0.05, 0) is 37.1 Å². The van der Waals surface area contributed by atoms with Crippen LogP contribution in [0.3, 0.4) is 0 Å². The number of nitrogens with two attached hydrogens (primary N) is 1. The summed E-state index contributed by atoms with van der Waals surface area (Å²) in [6.45, 7) is 4.53. The Kier molecular flexibility index (Phi) is 3.67. The lowest BCUT2D eigenvalue weighted by Crippen LogP contribution is -2.21. The number of rotatable bonds is 4. The molecule has 4 heteroatoms. The van der Waals surface area contributed by atoms with E-state index in [1.54, 1.807) is 7.11 Å². The molecular weight excluding hydrogens is 226 g/mol. The topological polar surface area (TPSA) is 53.1 Å². The van der Waals surface area contributed by atoms with Crippen molar-refractivity contribution in [2.75, 3.05) is 13.7 Å². The third-order valence-electron chi connectivity index (χ3n) is 3.09. The van der Waals surface area contributed by atoms with E-state index < -0.39 is 0 Å². The van der Waals surface area contributed by atoms with E-state index in [0.717, 1.165) is 22.6 Å². The van der Waals surface area contributed by atoms with Gasteiger partial charge in [-0.15, -0.1) is 0 Å². The molecular formula is C14H19N3O. The number of ether oxygens (including phenoxy) is 1. The Bertz CT molecular complexity index is 534. The predicted octanol–water partition coefficient (Wildman–Crippen LogP) is 2.06. The van der Waals surface area contributed by atoms with Gasteiger partial charge in [0.25, 0.3) is 0 Å². The maximum Gasteiger partial charge on any atom is 0.121 e. The maximum atomic E-state index is 5.87. The fourth-order valence-electron chi connectivity index (χ4n) is 2.11. The molecule has 2 aromatic rings. The maximum absolute atomic E-state index is 5.87. The van der Waals surface area contributed by atoms with Gasteiger partial charge in [-0.3, -0.25) is 4.68 Å². The van der Waals surface area contributed by atoms with E-state index in [0.29, 0.717) is 6.54 Å². The van der Waals surface area contributed by atoms with Crippen molar-refractivity contribution in [2.24, 2.45) is 5.73 Å². The zero-order chi connectivity index (χ0) is 13.1. The van der Waals surface area contributed by atoms with Crippen molar-refractivity contribution < 1.29 is 4.74 Å². The molecule has 1 aromatic carbocycles. The van der Waals surface area contributed by atoms with Crippen molar-refractivity contribution in [3.63, 3.8) is 0 Å². The third-order valence-corrected chi connectivity index (χ3v) is 3.09.